The summed E-state index contributed by atoms with van der Waals surface area (Å²) in [6.45, 7) is 11.4. The van der Waals surface area contributed by atoms with E-state index in [2.05, 4.69) is 33.8 Å². The van der Waals surface area contributed by atoms with Crippen molar-refractivity contribution in [2.24, 2.45) is 23.7 Å². The van der Waals surface area contributed by atoms with Gasteiger partial charge in [-0.1, -0.05) is 53.4 Å². The lowest BCUT2D eigenvalue weighted by molar-refractivity contribution is 0.300. The molecule has 0 aromatic carbocycles. The molecule has 0 saturated heterocycles. The Balaban J connectivity index is 3.74. The highest BCUT2D eigenvalue weighted by molar-refractivity contribution is 4.79. The van der Waals surface area contributed by atoms with Gasteiger partial charge in [0.05, 0.1) is 6.07 Å². The molecule has 0 N–H and O–H groups in total. The molecule has 0 aliphatic heterocycles. The summed E-state index contributed by atoms with van der Waals surface area (Å²) >= 11 is 0. The smallest absolute Gasteiger partial charge is 0.0652 e. The molecule has 1 nitrogen and oxygen atoms in total. The van der Waals surface area contributed by atoms with Gasteiger partial charge in [-0.05, 0) is 37.5 Å². The van der Waals surface area contributed by atoms with Crippen LogP contribution in [-0.2, 0) is 0 Å². The number of nitrogens with zero attached hydrogens (tertiary/aromatic N) is 1. The second-order valence-electron chi connectivity index (χ2n) is 6.03. The van der Waals surface area contributed by atoms with Gasteiger partial charge < -0.3 is 0 Å². The summed E-state index contributed by atoms with van der Waals surface area (Å²) in [5, 5.41) is 8.77. The average molecular weight is 237 g/mol. The molecule has 0 saturated carbocycles. The van der Waals surface area contributed by atoms with Crippen LogP contribution in [0.1, 0.15) is 73.1 Å². The van der Waals surface area contributed by atoms with Crippen molar-refractivity contribution >= 4 is 0 Å². The molecule has 0 amide bonds. The average Bonchev–Trinajstić information content (AvgIpc) is 2.32. The van der Waals surface area contributed by atoms with Crippen molar-refractivity contribution in [2.45, 2.75) is 73.1 Å². The molecule has 0 fully saturated rings. The summed E-state index contributed by atoms with van der Waals surface area (Å²) in [6.07, 6.45) is 7.67. The van der Waals surface area contributed by atoms with Gasteiger partial charge in [-0.2, -0.15) is 5.26 Å². The third-order valence-corrected chi connectivity index (χ3v) is 4.14. The largest absolute Gasteiger partial charge is 0.198 e. The van der Waals surface area contributed by atoms with Crippen molar-refractivity contribution in [3.05, 3.63) is 0 Å². The molecule has 0 aliphatic rings. The molecule has 1 heteroatoms. The molecule has 0 bridgehead atoms. The first kappa shape index (κ1) is 16.5. The molecule has 0 aliphatic carbocycles. The van der Waals surface area contributed by atoms with E-state index < -0.39 is 0 Å². The predicted molar refractivity (Wildman–Crippen MR) is 75.6 cm³/mol. The first-order valence-electron chi connectivity index (χ1n) is 7.40. The highest BCUT2D eigenvalue weighted by atomic mass is 14.3. The minimum atomic E-state index is 0.226. The summed E-state index contributed by atoms with van der Waals surface area (Å²) < 4.78 is 0. The van der Waals surface area contributed by atoms with Crippen molar-refractivity contribution in [1.82, 2.24) is 0 Å². The maximum absolute atomic E-state index is 8.77. The molecule has 0 heterocycles. The van der Waals surface area contributed by atoms with Crippen molar-refractivity contribution in [3.8, 4) is 6.07 Å². The summed E-state index contributed by atoms with van der Waals surface area (Å²) in [4.78, 5) is 0. The van der Waals surface area contributed by atoms with Crippen LogP contribution in [0.15, 0.2) is 0 Å². The van der Waals surface area contributed by atoms with Crippen molar-refractivity contribution in [2.75, 3.05) is 0 Å². The molecule has 4 unspecified atom stereocenters. The molecule has 0 aromatic rings. The van der Waals surface area contributed by atoms with E-state index in [1.807, 2.05) is 6.92 Å². The van der Waals surface area contributed by atoms with E-state index in [9.17, 15) is 0 Å². The van der Waals surface area contributed by atoms with Gasteiger partial charge in [0.1, 0.15) is 0 Å². The fourth-order valence-corrected chi connectivity index (χ4v) is 2.33. The van der Waals surface area contributed by atoms with E-state index in [1.165, 1.54) is 32.1 Å². The maximum Gasteiger partial charge on any atom is 0.0652 e. The van der Waals surface area contributed by atoms with Crippen LogP contribution in [0, 0.1) is 35.0 Å². The van der Waals surface area contributed by atoms with E-state index in [0.29, 0.717) is 0 Å². The Morgan fingerprint density at radius 3 is 1.82 bits per heavy atom. The highest BCUT2D eigenvalue weighted by Gasteiger charge is 2.14. The van der Waals surface area contributed by atoms with Crippen LogP contribution in [-0.4, -0.2) is 0 Å². The SMILES string of the molecule is CCCC(C)CCC(C)C(C)CCC(C)C#N. The minimum Gasteiger partial charge on any atom is -0.198 e. The Bertz CT molecular complexity index is 216. The summed E-state index contributed by atoms with van der Waals surface area (Å²) in [5.74, 6) is 2.68. The lowest BCUT2D eigenvalue weighted by atomic mass is 9.84. The van der Waals surface area contributed by atoms with Gasteiger partial charge in [-0.15, -0.1) is 0 Å². The number of nitriles is 1. The van der Waals surface area contributed by atoms with Gasteiger partial charge >= 0.3 is 0 Å². The second kappa shape index (κ2) is 9.51. The molecule has 17 heavy (non-hydrogen) atoms. The first-order chi connectivity index (χ1) is 8.01. The molecular weight excluding hydrogens is 206 g/mol. The quantitative estimate of drug-likeness (QED) is 0.525. The van der Waals surface area contributed by atoms with Crippen LogP contribution >= 0.6 is 0 Å². The van der Waals surface area contributed by atoms with E-state index in [-0.39, 0.29) is 5.92 Å². The maximum atomic E-state index is 8.77. The van der Waals surface area contributed by atoms with Crippen LogP contribution < -0.4 is 0 Å². The van der Waals surface area contributed by atoms with E-state index >= 15 is 0 Å². The van der Waals surface area contributed by atoms with E-state index in [0.717, 1.165) is 24.2 Å². The fourth-order valence-electron chi connectivity index (χ4n) is 2.33. The minimum absolute atomic E-state index is 0.226. The Kier molecular flexibility index (Phi) is 9.23. The lowest BCUT2D eigenvalue weighted by Gasteiger charge is -2.22. The van der Waals surface area contributed by atoms with Gasteiger partial charge in [0.15, 0.2) is 0 Å². The number of hydrogen-bond donors (Lipinski definition) is 0. The predicted octanol–water partition coefficient (Wildman–Crippen LogP) is 5.41. The number of rotatable bonds is 9. The van der Waals surface area contributed by atoms with E-state index in [1.54, 1.807) is 0 Å². The van der Waals surface area contributed by atoms with Crippen LogP contribution in [0.5, 0.6) is 0 Å². The Hall–Kier alpha value is -0.510. The van der Waals surface area contributed by atoms with Crippen molar-refractivity contribution in [1.29, 1.82) is 5.26 Å². The second-order valence-corrected chi connectivity index (χ2v) is 6.03. The monoisotopic (exact) mass is 237 g/mol. The summed E-state index contributed by atoms with van der Waals surface area (Å²) in [5.41, 5.74) is 0. The molecule has 0 aromatic heterocycles. The van der Waals surface area contributed by atoms with Crippen LogP contribution in [0.4, 0.5) is 0 Å². The van der Waals surface area contributed by atoms with Gasteiger partial charge in [0, 0.05) is 5.92 Å². The Labute approximate surface area is 109 Å². The molecule has 100 valence electrons. The molecule has 0 rings (SSSR count). The van der Waals surface area contributed by atoms with Crippen molar-refractivity contribution in [3.63, 3.8) is 0 Å². The zero-order valence-electron chi connectivity index (χ0n) is 12.5. The zero-order valence-corrected chi connectivity index (χ0v) is 12.5. The third kappa shape index (κ3) is 8.25. The zero-order chi connectivity index (χ0) is 13.3. The Morgan fingerprint density at radius 1 is 0.824 bits per heavy atom. The van der Waals surface area contributed by atoms with Crippen LogP contribution in [0.2, 0.25) is 0 Å². The molecule has 0 spiro atoms. The molecule has 4 atom stereocenters. The Morgan fingerprint density at radius 2 is 1.35 bits per heavy atom. The van der Waals surface area contributed by atoms with Crippen LogP contribution in [0.25, 0.3) is 0 Å². The molecule has 0 radical (unpaired) electrons. The van der Waals surface area contributed by atoms with Gasteiger partial charge in [0.25, 0.3) is 0 Å². The standard InChI is InChI=1S/C16H31N/c1-6-7-13(2)8-10-15(4)16(5)11-9-14(3)12-17/h13-16H,6-11H2,1-5H3. The van der Waals surface area contributed by atoms with Crippen LogP contribution in [0.3, 0.4) is 0 Å². The summed E-state index contributed by atoms with van der Waals surface area (Å²) in [6, 6.07) is 2.33. The fraction of sp³-hybridized carbons (Fsp3) is 0.938. The van der Waals surface area contributed by atoms with Gasteiger partial charge in [-0.25, -0.2) is 0 Å². The topological polar surface area (TPSA) is 23.8 Å². The third-order valence-electron chi connectivity index (χ3n) is 4.14. The highest BCUT2D eigenvalue weighted by Crippen LogP contribution is 2.25. The molecular formula is C16H31N. The first-order valence-corrected chi connectivity index (χ1v) is 7.40. The lowest BCUT2D eigenvalue weighted by Crippen LogP contribution is -2.11. The normalized spacial score (nSPS) is 18.1. The van der Waals surface area contributed by atoms with E-state index in [4.69, 9.17) is 5.26 Å². The van der Waals surface area contributed by atoms with Gasteiger partial charge in [0.2, 0.25) is 0 Å². The summed E-state index contributed by atoms with van der Waals surface area (Å²) in [7, 11) is 0. The number of hydrogen-bond acceptors (Lipinski definition) is 1. The van der Waals surface area contributed by atoms with Crippen molar-refractivity contribution < 1.29 is 0 Å². The van der Waals surface area contributed by atoms with Gasteiger partial charge in [-0.3, -0.25) is 0 Å².